The van der Waals surface area contributed by atoms with Gasteiger partial charge in [0, 0.05) is 5.39 Å². The van der Waals surface area contributed by atoms with Gasteiger partial charge in [0.1, 0.15) is 11.5 Å². The molecule has 0 atom stereocenters. The van der Waals surface area contributed by atoms with Crippen molar-refractivity contribution in [1.82, 2.24) is 0 Å². The van der Waals surface area contributed by atoms with Crippen molar-refractivity contribution >= 4 is 10.8 Å². The number of hydrogen-bond acceptors (Lipinski definition) is 2. The largest absolute Gasteiger partial charge is 0.494 e. The molecule has 0 aromatic heterocycles. The Bertz CT molecular complexity index is 518. The van der Waals surface area contributed by atoms with Gasteiger partial charge in [-0.05, 0) is 49.9 Å². The van der Waals surface area contributed by atoms with Gasteiger partial charge in [0.05, 0.1) is 13.2 Å². The van der Waals surface area contributed by atoms with Crippen LogP contribution >= 0.6 is 0 Å². The maximum Gasteiger partial charge on any atom is 0.129 e. The van der Waals surface area contributed by atoms with E-state index in [1.165, 1.54) is 5.56 Å². The van der Waals surface area contributed by atoms with Crippen LogP contribution in [0.2, 0.25) is 0 Å². The molecule has 2 nitrogen and oxygen atoms in total. The summed E-state index contributed by atoms with van der Waals surface area (Å²) in [5, 5.41) is 2.31. The van der Waals surface area contributed by atoms with Crippen LogP contribution in [0.4, 0.5) is 0 Å². The number of hydrogen-bond donors (Lipinski definition) is 0. The van der Waals surface area contributed by atoms with Crippen LogP contribution in [-0.2, 0) is 0 Å². The molecule has 90 valence electrons. The van der Waals surface area contributed by atoms with Crippen molar-refractivity contribution < 1.29 is 9.47 Å². The van der Waals surface area contributed by atoms with Gasteiger partial charge in [0.15, 0.2) is 0 Å². The minimum absolute atomic E-state index is 0.688. The molecule has 0 unspecified atom stereocenters. The van der Waals surface area contributed by atoms with Crippen LogP contribution in [0.3, 0.4) is 0 Å². The molecule has 0 spiro atoms. The molecule has 0 N–H and O–H groups in total. The van der Waals surface area contributed by atoms with Crippen molar-refractivity contribution in [2.24, 2.45) is 0 Å². The Labute approximate surface area is 102 Å². The van der Waals surface area contributed by atoms with Crippen LogP contribution in [0.1, 0.15) is 19.4 Å². The topological polar surface area (TPSA) is 18.5 Å². The molecule has 0 bridgehead atoms. The lowest BCUT2D eigenvalue weighted by molar-refractivity contribution is 0.339. The van der Waals surface area contributed by atoms with E-state index in [2.05, 4.69) is 31.2 Å². The van der Waals surface area contributed by atoms with Gasteiger partial charge in [-0.25, -0.2) is 0 Å². The summed E-state index contributed by atoms with van der Waals surface area (Å²) >= 11 is 0. The van der Waals surface area contributed by atoms with Gasteiger partial charge in [-0.1, -0.05) is 12.1 Å². The predicted molar refractivity (Wildman–Crippen MR) is 71.0 cm³/mol. The summed E-state index contributed by atoms with van der Waals surface area (Å²) in [7, 11) is 0. The molecule has 0 aliphatic heterocycles. The standard InChI is InChI=1S/C15H18O2/c1-4-16-13-8-9-14-12(10-13)7-6-11(3)15(14)17-5-2/h6-10H,4-5H2,1-3H3. The highest BCUT2D eigenvalue weighted by Gasteiger charge is 2.06. The summed E-state index contributed by atoms with van der Waals surface area (Å²) in [6, 6.07) is 10.3. The molecule has 0 saturated heterocycles. The lowest BCUT2D eigenvalue weighted by Gasteiger charge is -2.12. The summed E-state index contributed by atoms with van der Waals surface area (Å²) in [5.41, 5.74) is 1.17. The van der Waals surface area contributed by atoms with E-state index in [4.69, 9.17) is 9.47 Å². The summed E-state index contributed by atoms with van der Waals surface area (Å²) in [5.74, 6) is 1.89. The number of fused-ring (bicyclic) bond motifs is 1. The Morgan fingerprint density at radius 2 is 1.71 bits per heavy atom. The fraction of sp³-hybridized carbons (Fsp3) is 0.333. The van der Waals surface area contributed by atoms with Gasteiger partial charge in [-0.3, -0.25) is 0 Å². The van der Waals surface area contributed by atoms with E-state index in [0.717, 1.165) is 22.3 Å². The van der Waals surface area contributed by atoms with Gasteiger partial charge in [0.25, 0.3) is 0 Å². The van der Waals surface area contributed by atoms with E-state index >= 15 is 0 Å². The first-order valence-corrected chi connectivity index (χ1v) is 6.05. The summed E-state index contributed by atoms with van der Waals surface area (Å²) in [6.07, 6.45) is 0. The number of benzene rings is 2. The summed E-state index contributed by atoms with van der Waals surface area (Å²) in [6.45, 7) is 7.45. The van der Waals surface area contributed by atoms with Crippen LogP contribution in [0, 0.1) is 6.92 Å². The highest BCUT2D eigenvalue weighted by atomic mass is 16.5. The molecule has 0 heterocycles. The molecule has 17 heavy (non-hydrogen) atoms. The maximum absolute atomic E-state index is 5.71. The van der Waals surface area contributed by atoms with Crippen LogP contribution in [0.25, 0.3) is 10.8 Å². The van der Waals surface area contributed by atoms with Crippen molar-refractivity contribution in [2.45, 2.75) is 20.8 Å². The van der Waals surface area contributed by atoms with Gasteiger partial charge in [0.2, 0.25) is 0 Å². The summed E-state index contributed by atoms with van der Waals surface area (Å²) in [4.78, 5) is 0. The van der Waals surface area contributed by atoms with Crippen LogP contribution in [0.15, 0.2) is 30.3 Å². The van der Waals surface area contributed by atoms with E-state index in [-0.39, 0.29) is 0 Å². The first kappa shape index (κ1) is 11.8. The fourth-order valence-corrected chi connectivity index (χ4v) is 1.98. The van der Waals surface area contributed by atoms with E-state index in [0.29, 0.717) is 13.2 Å². The van der Waals surface area contributed by atoms with Crippen LogP contribution in [-0.4, -0.2) is 13.2 Å². The average molecular weight is 230 g/mol. The van der Waals surface area contributed by atoms with Gasteiger partial charge in [-0.15, -0.1) is 0 Å². The first-order valence-electron chi connectivity index (χ1n) is 6.05. The number of ether oxygens (including phenoxy) is 2. The third-order valence-electron chi connectivity index (χ3n) is 2.74. The van der Waals surface area contributed by atoms with Crippen LogP contribution < -0.4 is 9.47 Å². The third-order valence-corrected chi connectivity index (χ3v) is 2.74. The van der Waals surface area contributed by atoms with Crippen molar-refractivity contribution in [1.29, 1.82) is 0 Å². The van der Waals surface area contributed by atoms with Crippen molar-refractivity contribution in [3.05, 3.63) is 35.9 Å². The zero-order valence-electron chi connectivity index (χ0n) is 10.6. The molecule has 0 aliphatic carbocycles. The monoisotopic (exact) mass is 230 g/mol. The Morgan fingerprint density at radius 3 is 2.41 bits per heavy atom. The minimum Gasteiger partial charge on any atom is -0.494 e. The molecule has 2 heteroatoms. The maximum atomic E-state index is 5.71. The van der Waals surface area contributed by atoms with E-state index in [1.54, 1.807) is 0 Å². The Balaban J connectivity index is 2.54. The quantitative estimate of drug-likeness (QED) is 0.792. The molecule has 2 rings (SSSR count). The van der Waals surface area contributed by atoms with E-state index in [9.17, 15) is 0 Å². The normalized spacial score (nSPS) is 10.5. The SMILES string of the molecule is CCOc1ccc2c(OCC)c(C)ccc2c1. The smallest absolute Gasteiger partial charge is 0.129 e. The molecule has 0 fully saturated rings. The highest BCUT2D eigenvalue weighted by molar-refractivity contribution is 5.90. The number of rotatable bonds is 4. The second-order valence-electron chi connectivity index (χ2n) is 3.96. The van der Waals surface area contributed by atoms with Gasteiger partial charge in [-0.2, -0.15) is 0 Å². The van der Waals surface area contributed by atoms with Gasteiger partial charge < -0.3 is 9.47 Å². The van der Waals surface area contributed by atoms with E-state index in [1.807, 2.05) is 19.9 Å². The summed E-state index contributed by atoms with van der Waals surface area (Å²) < 4.78 is 11.2. The first-order chi connectivity index (χ1) is 8.26. The molecule has 0 aliphatic rings. The second-order valence-corrected chi connectivity index (χ2v) is 3.96. The van der Waals surface area contributed by atoms with Gasteiger partial charge >= 0.3 is 0 Å². The third kappa shape index (κ3) is 2.36. The zero-order chi connectivity index (χ0) is 12.3. The fourth-order valence-electron chi connectivity index (χ4n) is 1.98. The molecule has 2 aromatic carbocycles. The number of aryl methyl sites for hydroxylation is 1. The Morgan fingerprint density at radius 1 is 0.941 bits per heavy atom. The molecular formula is C15H18O2. The molecule has 2 aromatic rings. The molecule has 0 amide bonds. The van der Waals surface area contributed by atoms with Crippen molar-refractivity contribution in [2.75, 3.05) is 13.2 Å². The second kappa shape index (κ2) is 5.09. The Kier molecular flexibility index (Phi) is 3.52. The average Bonchev–Trinajstić information content (AvgIpc) is 2.33. The van der Waals surface area contributed by atoms with Crippen molar-refractivity contribution in [3.63, 3.8) is 0 Å². The molecule has 0 saturated carbocycles. The highest BCUT2D eigenvalue weighted by Crippen LogP contribution is 2.31. The lowest BCUT2D eigenvalue weighted by Crippen LogP contribution is -1.96. The molecule has 0 radical (unpaired) electrons. The predicted octanol–water partition coefficient (Wildman–Crippen LogP) is 3.95. The lowest BCUT2D eigenvalue weighted by atomic mass is 10.1. The zero-order valence-corrected chi connectivity index (χ0v) is 10.6. The minimum atomic E-state index is 0.688. The Hall–Kier alpha value is -1.70. The van der Waals surface area contributed by atoms with Crippen LogP contribution in [0.5, 0.6) is 11.5 Å². The van der Waals surface area contributed by atoms with Crippen molar-refractivity contribution in [3.8, 4) is 11.5 Å². The van der Waals surface area contributed by atoms with E-state index < -0.39 is 0 Å². The molecular weight excluding hydrogens is 212 g/mol.